The van der Waals surface area contributed by atoms with Gasteiger partial charge in [-0.1, -0.05) is 0 Å². The summed E-state index contributed by atoms with van der Waals surface area (Å²) in [6.45, 7) is 4.21. The van der Waals surface area contributed by atoms with Gasteiger partial charge in [-0.2, -0.15) is 5.26 Å². The van der Waals surface area contributed by atoms with E-state index in [2.05, 4.69) is 5.32 Å². The quantitative estimate of drug-likeness (QED) is 0.919. The van der Waals surface area contributed by atoms with Crippen LogP contribution in [0.1, 0.15) is 16.8 Å². The molecule has 1 aliphatic heterocycles. The molecule has 0 fully saturated rings. The highest BCUT2D eigenvalue weighted by Crippen LogP contribution is 2.32. The summed E-state index contributed by atoms with van der Waals surface area (Å²) in [4.78, 5) is 24.7. The lowest BCUT2D eigenvalue weighted by Crippen LogP contribution is -2.31. The highest BCUT2D eigenvalue weighted by atomic mass is 16.6. The summed E-state index contributed by atoms with van der Waals surface area (Å²) in [7, 11) is 0. The number of fused-ring (bicyclic) bond motifs is 1. The highest BCUT2D eigenvalue weighted by molar-refractivity contribution is 5.91. The topological polar surface area (TPSA) is 93.3 Å². The number of benzene rings is 1. The maximum Gasteiger partial charge on any atom is 0.269 e. The first-order valence-electron chi connectivity index (χ1n) is 7.80. The van der Waals surface area contributed by atoms with E-state index in [1.807, 2.05) is 6.07 Å². The third-order valence-electron chi connectivity index (χ3n) is 3.94. The van der Waals surface area contributed by atoms with Crippen molar-refractivity contribution in [3.8, 4) is 17.6 Å². The SMILES string of the molecule is Cc1cc(C)n(CC(=O)Nc2ccc3c(c2)OCCO3)c(=O)c1C#N. The van der Waals surface area contributed by atoms with Crippen LogP contribution in [-0.4, -0.2) is 23.7 Å². The number of carbonyl (C=O) groups is 1. The fourth-order valence-electron chi connectivity index (χ4n) is 2.72. The second-order valence-electron chi connectivity index (χ2n) is 5.75. The molecule has 7 heteroatoms. The summed E-state index contributed by atoms with van der Waals surface area (Å²) in [6.07, 6.45) is 0. The molecule has 25 heavy (non-hydrogen) atoms. The van der Waals surface area contributed by atoms with Gasteiger partial charge >= 0.3 is 0 Å². The minimum Gasteiger partial charge on any atom is -0.486 e. The van der Waals surface area contributed by atoms with Crippen LogP contribution in [0.4, 0.5) is 5.69 Å². The lowest BCUT2D eigenvalue weighted by Gasteiger charge is -2.19. The molecule has 128 valence electrons. The van der Waals surface area contributed by atoms with Crippen LogP contribution in [-0.2, 0) is 11.3 Å². The van der Waals surface area contributed by atoms with E-state index in [1.165, 1.54) is 4.57 Å². The first-order chi connectivity index (χ1) is 12.0. The number of aryl methyl sites for hydroxylation is 2. The van der Waals surface area contributed by atoms with Crippen LogP contribution < -0.4 is 20.3 Å². The molecule has 3 rings (SSSR count). The van der Waals surface area contributed by atoms with E-state index in [4.69, 9.17) is 14.7 Å². The minimum absolute atomic E-state index is 0.0535. The summed E-state index contributed by atoms with van der Waals surface area (Å²) in [6, 6.07) is 8.72. The minimum atomic E-state index is -0.461. The summed E-state index contributed by atoms with van der Waals surface area (Å²) in [5, 5.41) is 11.8. The average molecular weight is 339 g/mol. The van der Waals surface area contributed by atoms with Gasteiger partial charge in [-0.25, -0.2) is 0 Å². The first-order valence-corrected chi connectivity index (χ1v) is 7.80. The van der Waals surface area contributed by atoms with Gasteiger partial charge in [-0.3, -0.25) is 9.59 Å². The van der Waals surface area contributed by atoms with E-state index in [1.54, 1.807) is 38.1 Å². The van der Waals surface area contributed by atoms with Crippen LogP contribution in [0.5, 0.6) is 11.5 Å². The zero-order valence-corrected chi connectivity index (χ0v) is 14.0. The highest BCUT2D eigenvalue weighted by Gasteiger charge is 2.15. The smallest absolute Gasteiger partial charge is 0.269 e. The third kappa shape index (κ3) is 3.33. The van der Waals surface area contributed by atoms with Crippen LogP contribution in [0.2, 0.25) is 0 Å². The fourth-order valence-corrected chi connectivity index (χ4v) is 2.72. The van der Waals surface area contributed by atoms with Crippen molar-refractivity contribution in [2.24, 2.45) is 0 Å². The van der Waals surface area contributed by atoms with Gasteiger partial charge in [-0.05, 0) is 37.6 Å². The number of pyridine rings is 1. The molecule has 0 saturated carbocycles. The van der Waals surface area contributed by atoms with Crippen LogP contribution in [0, 0.1) is 25.2 Å². The lowest BCUT2D eigenvalue weighted by molar-refractivity contribution is -0.116. The third-order valence-corrected chi connectivity index (χ3v) is 3.94. The second kappa shape index (κ2) is 6.69. The molecule has 2 aromatic rings. The Morgan fingerprint density at radius 1 is 1.24 bits per heavy atom. The molecule has 0 bridgehead atoms. The number of amides is 1. The summed E-state index contributed by atoms with van der Waals surface area (Å²) in [5.41, 5.74) is 1.37. The summed E-state index contributed by atoms with van der Waals surface area (Å²) < 4.78 is 12.2. The Kier molecular flexibility index (Phi) is 4.44. The zero-order valence-electron chi connectivity index (χ0n) is 14.0. The first kappa shape index (κ1) is 16.6. The van der Waals surface area contributed by atoms with Crippen LogP contribution in [0.15, 0.2) is 29.1 Å². The maximum absolute atomic E-state index is 12.3. The second-order valence-corrected chi connectivity index (χ2v) is 5.75. The molecule has 0 saturated heterocycles. The van der Waals surface area contributed by atoms with Gasteiger partial charge in [0.1, 0.15) is 31.4 Å². The van der Waals surface area contributed by atoms with Gasteiger partial charge in [0.2, 0.25) is 5.91 Å². The van der Waals surface area contributed by atoms with Crippen LogP contribution in [0.25, 0.3) is 0 Å². The Balaban J connectivity index is 1.80. The zero-order chi connectivity index (χ0) is 18.0. The molecular weight excluding hydrogens is 322 g/mol. The van der Waals surface area contributed by atoms with Gasteiger partial charge in [0.15, 0.2) is 11.5 Å². The molecule has 0 spiro atoms. The van der Waals surface area contributed by atoms with Crippen molar-refractivity contribution < 1.29 is 14.3 Å². The number of rotatable bonds is 3. The van der Waals surface area contributed by atoms with Crippen LogP contribution in [0.3, 0.4) is 0 Å². The van der Waals surface area contributed by atoms with Crippen molar-refractivity contribution in [2.45, 2.75) is 20.4 Å². The molecule has 1 aromatic heterocycles. The Morgan fingerprint density at radius 2 is 1.96 bits per heavy atom. The Bertz CT molecular complexity index is 941. The van der Waals surface area contributed by atoms with E-state index < -0.39 is 5.56 Å². The average Bonchev–Trinajstić information content (AvgIpc) is 2.59. The molecule has 1 amide bonds. The van der Waals surface area contributed by atoms with E-state index in [0.29, 0.717) is 41.7 Å². The molecule has 1 aliphatic rings. The molecule has 1 aromatic carbocycles. The Labute approximate surface area is 144 Å². The number of nitriles is 1. The Morgan fingerprint density at radius 3 is 2.68 bits per heavy atom. The van der Waals surface area contributed by atoms with Crippen molar-refractivity contribution in [1.29, 1.82) is 5.26 Å². The number of nitrogens with zero attached hydrogens (tertiary/aromatic N) is 2. The Hall–Kier alpha value is -3.27. The summed E-state index contributed by atoms with van der Waals surface area (Å²) >= 11 is 0. The van der Waals surface area contributed by atoms with E-state index in [9.17, 15) is 9.59 Å². The number of hydrogen-bond acceptors (Lipinski definition) is 5. The molecule has 1 N–H and O–H groups in total. The van der Waals surface area contributed by atoms with Gasteiger partial charge in [0, 0.05) is 17.4 Å². The number of anilines is 1. The van der Waals surface area contributed by atoms with Crippen molar-refractivity contribution in [3.63, 3.8) is 0 Å². The predicted octanol–water partition coefficient (Wildman–Crippen LogP) is 1.75. The number of carbonyl (C=O) groups excluding carboxylic acids is 1. The molecule has 7 nitrogen and oxygen atoms in total. The number of nitrogens with one attached hydrogen (secondary N) is 1. The van der Waals surface area contributed by atoms with Gasteiger partial charge in [0.05, 0.1) is 0 Å². The van der Waals surface area contributed by atoms with Gasteiger partial charge < -0.3 is 19.4 Å². The van der Waals surface area contributed by atoms with E-state index >= 15 is 0 Å². The predicted molar refractivity (Wildman–Crippen MR) is 91.0 cm³/mol. The number of ether oxygens (including phenoxy) is 2. The van der Waals surface area contributed by atoms with Crippen molar-refractivity contribution in [3.05, 3.63) is 51.4 Å². The van der Waals surface area contributed by atoms with Gasteiger partial charge in [0.25, 0.3) is 5.56 Å². The summed E-state index contributed by atoms with van der Waals surface area (Å²) in [5.74, 6) is 0.836. The number of hydrogen-bond donors (Lipinski definition) is 1. The van der Waals surface area contributed by atoms with Crippen molar-refractivity contribution >= 4 is 11.6 Å². The molecular formula is C18H17N3O4. The number of aromatic nitrogens is 1. The maximum atomic E-state index is 12.3. The fraction of sp³-hybridized carbons (Fsp3) is 0.278. The largest absolute Gasteiger partial charge is 0.486 e. The lowest BCUT2D eigenvalue weighted by atomic mass is 10.1. The molecule has 0 aliphatic carbocycles. The molecule has 0 radical (unpaired) electrons. The van der Waals surface area contributed by atoms with Crippen molar-refractivity contribution in [2.75, 3.05) is 18.5 Å². The molecule has 2 heterocycles. The monoisotopic (exact) mass is 339 g/mol. The molecule has 0 atom stereocenters. The standard InChI is InChI=1S/C18H17N3O4/c1-11-7-12(2)21(18(23)14(11)9-19)10-17(22)20-13-3-4-15-16(8-13)25-6-5-24-15/h3-4,7-8H,5-6,10H2,1-2H3,(H,20,22). The van der Waals surface area contributed by atoms with Crippen molar-refractivity contribution in [1.82, 2.24) is 4.57 Å². The molecule has 0 unspecified atom stereocenters. The van der Waals surface area contributed by atoms with Gasteiger partial charge in [-0.15, -0.1) is 0 Å². The van der Waals surface area contributed by atoms with Crippen LogP contribution >= 0.6 is 0 Å². The van der Waals surface area contributed by atoms with E-state index in [0.717, 1.165) is 0 Å². The normalized spacial score (nSPS) is 12.4. The van der Waals surface area contributed by atoms with E-state index in [-0.39, 0.29) is 18.0 Å².